The number of likely N-dealkylation sites (tertiary alicyclic amines) is 1. The number of hydrogen-bond donors (Lipinski definition) is 0. The Bertz CT molecular complexity index is 221. The van der Waals surface area contributed by atoms with Crippen LogP contribution in [0.4, 0.5) is 0 Å². The van der Waals surface area contributed by atoms with Crippen LogP contribution in [0.2, 0.25) is 0 Å². The quantitative estimate of drug-likeness (QED) is 0.631. The maximum absolute atomic E-state index is 6.02. The summed E-state index contributed by atoms with van der Waals surface area (Å²) >= 11 is 0. The summed E-state index contributed by atoms with van der Waals surface area (Å²) in [5.41, 5.74) is 0. The lowest BCUT2D eigenvalue weighted by Crippen LogP contribution is -2.49. The van der Waals surface area contributed by atoms with Crippen molar-refractivity contribution in [3.63, 3.8) is 0 Å². The van der Waals surface area contributed by atoms with Gasteiger partial charge in [-0.15, -0.1) is 0 Å². The van der Waals surface area contributed by atoms with E-state index in [4.69, 9.17) is 4.74 Å². The standard InChI is InChI=1S/C16H34NO/c1-14(2)15(3)13-16(4)18-12-11-17(5)9-7-6-8-10-17/h14-16H,6-13H2,1-5H3/q+1. The molecule has 0 aromatic heterocycles. The van der Waals surface area contributed by atoms with Gasteiger partial charge in [0.25, 0.3) is 0 Å². The van der Waals surface area contributed by atoms with E-state index in [1.807, 2.05) is 0 Å². The van der Waals surface area contributed by atoms with Crippen LogP contribution in [-0.2, 0) is 4.74 Å². The smallest absolute Gasteiger partial charge is 0.102 e. The van der Waals surface area contributed by atoms with Crippen molar-refractivity contribution in [2.24, 2.45) is 11.8 Å². The average Bonchev–Trinajstić information content (AvgIpc) is 2.29. The van der Waals surface area contributed by atoms with Gasteiger partial charge in [0.05, 0.1) is 32.8 Å². The van der Waals surface area contributed by atoms with Gasteiger partial charge < -0.3 is 9.22 Å². The lowest BCUT2D eigenvalue weighted by Gasteiger charge is -2.38. The van der Waals surface area contributed by atoms with E-state index in [0.717, 1.165) is 18.4 Å². The van der Waals surface area contributed by atoms with Gasteiger partial charge in [-0.25, -0.2) is 0 Å². The van der Waals surface area contributed by atoms with Gasteiger partial charge in [-0.05, 0) is 44.4 Å². The average molecular weight is 256 g/mol. The largest absolute Gasteiger partial charge is 0.373 e. The first-order valence-electron chi connectivity index (χ1n) is 7.88. The second kappa shape index (κ2) is 7.49. The Morgan fingerprint density at radius 2 is 1.61 bits per heavy atom. The molecule has 0 N–H and O–H groups in total. The fourth-order valence-electron chi connectivity index (χ4n) is 2.84. The molecule has 0 saturated carbocycles. The van der Waals surface area contributed by atoms with Crippen LogP contribution in [0.1, 0.15) is 53.4 Å². The number of piperidine rings is 1. The van der Waals surface area contributed by atoms with Gasteiger partial charge in [0.2, 0.25) is 0 Å². The summed E-state index contributed by atoms with van der Waals surface area (Å²) in [6.45, 7) is 14.0. The summed E-state index contributed by atoms with van der Waals surface area (Å²) in [5.74, 6) is 1.53. The Kier molecular flexibility index (Phi) is 6.65. The molecule has 1 fully saturated rings. The third-order valence-electron chi connectivity index (χ3n) is 4.77. The lowest BCUT2D eigenvalue weighted by atomic mass is 9.92. The highest BCUT2D eigenvalue weighted by atomic mass is 16.5. The zero-order chi connectivity index (χ0) is 13.6. The minimum atomic E-state index is 0.416. The minimum absolute atomic E-state index is 0.416. The Morgan fingerprint density at radius 3 is 2.17 bits per heavy atom. The molecule has 18 heavy (non-hydrogen) atoms. The Balaban J connectivity index is 2.16. The first kappa shape index (κ1) is 16.0. The predicted octanol–water partition coefficient (Wildman–Crippen LogP) is 3.70. The molecule has 1 rings (SSSR count). The van der Waals surface area contributed by atoms with Gasteiger partial charge in [0.15, 0.2) is 0 Å². The number of rotatable bonds is 7. The van der Waals surface area contributed by atoms with Crippen molar-refractivity contribution in [1.82, 2.24) is 0 Å². The van der Waals surface area contributed by atoms with E-state index in [1.165, 1.54) is 49.8 Å². The first-order chi connectivity index (χ1) is 8.43. The Hall–Kier alpha value is -0.0800. The summed E-state index contributed by atoms with van der Waals surface area (Å²) in [6.07, 6.45) is 5.84. The predicted molar refractivity (Wildman–Crippen MR) is 78.7 cm³/mol. The summed E-state index contributed by atoms with van der Waals surface area (Å²) in [6, 6.07) is 0. The third kappa shape index (κ3) is 5.71. The van der Waals surface area contributed by atoms with Gasteiger partial charge >= 0.3 is 0 Å². The maximum Gasteiger partial charge on any atom is 0.102 e. The van der Waals surface area contributed by atoms with Crippen molar-refractivity contribution in [2.75, 3.05) is 33.3 Å². The van der Waals surface area contributed by atoms with Crippen LogP contribution in [-0.4, -0.2) is 43.9 Å². The highest BCUT2D eigenvalue weighted by molar-refractivity contribution is 4.62. The number of quaternary nitrogens is 1. The molecule has 0 aliphatic carbocycles. The molecular weight excluding hydrogens is 222 g/mol. The van der Waals surface area contributed by atoms with E-state index in [0.29, 0.717) is 6.10 Å². The van der Waals surface area contributed by atoms with E-state index in [-0.39, 0.29) is 0 Å². The van der Waals surface area contributed by atoms with Crippen LogP contribution in [0.15, 0.2) is 0 Å². The molecule has 2 atom stereocenters. The highest BCUT2D eigenvalue weighted by Gasteiger charge is 2.24. The number of hydrogen-bond acceptors (Lipinski definition) is 1. The molecular formula is C16H34NO+. The summed E-state index contributed by atoms with van der Waals surface area (Å²) < 4.78 is 7.24. The lowest BCUT2D eigenvalue weighted by molar-refractivity contribution is -0.914. The summed E-state index contributed by atoms with van der Waals surface area (Å²) in [4.78, 5) is 0. The van der Waals surface area contributed by atoms with Crippen LogP contribution >= 0.6 is 0 Å². The van der Waals surface area contributed by atoms with Crippen molar-refractivity contribution in [1.29, 1.82) is 0 Å². The molecule has 108 valence electrons. The van der Waals surface area contributed by atoms with E-state index >= 15 is 0 Å². The molecule has 2 heteroatoms. The molecule has 1 aliphatic heterocycles. The Labute approximate surface area is 114 Å². The molecule has 0 aromatic rings. The van der Waals surface area contributed by atoms with Crippen molar-refractivity contribution in [3.05, 3.63) is 0 Å². The van der Waals surface area contributed by atoms with Gasteiger partial charge in [-0.3, -0.25) is 0 Å². The van der Waals surface area contributed by atoms with Gasteiger partial charge in [-0.2, -0.15) is 0 Å². The zero-order valence-corrected chi connectivity index (χ0v) is 13.2. The molecule has 0 bridgehead atoms. The number of ether oxygens (including phenoxy) is 1. The number of likely N-dealkylation sites (N-methyl/N-ethyl adjacent to an activating group) is 1. The molecule has 0 amide bonds. The molecule has 2 unspecified atom stereocenters. The Morgan fingerprint density at radius 1 is 1.00 bits per heavy atom. The molecule has 1 heterocycles. The minimum Gasteiger partial charge on any atom is -0.373 e. The fourth-order valence-corrected chi connectivity index (χ4v) is 2.84. The van der Waals surface area contributed by atoms with Crippen LogP contribution < -0.4 is 0 Å². The second-order valence-corrected chi connectivity index (χ2v) is 6.99. The molecule has 0 radical (unpaired) electrons. The van der Waals surface area contributed by atoms with Gasteiger partial charge in [-0.1, -0.05) is 20.8 Å². The van der Waals surface area contributed by atoms with E-state index in [9.17, 15) is 0 Å². The molecule has 2 nitrogen and oxygen atoms in total. The van der Waals surface area contributed by atoms with E-state index in [1.54, 1.807) is 0 Å². The van der Waals surface area contributed by atoms with Crippen molar-refractivity contribution < 1.29 is 9.22 Å². The monoisotopic (exact) mass is 256 g/mol. The van der Waals surface area contributed by atoms with E-state index < -0.39 is 0 Å². The fraction of sp³-hybridized carbons (Fsp3) is 1.00. The van der Waals surface area contributed by atoms with Crippen LogP contribution in [0.25, 0.3) is 0 Å². The molecule has 0 aromatic carbocycles. The van der Waals surface area contributed by atoms with Crippen LogP contribution in [0.3, 0.4) is 0 Å². The second-order valence-electron chi connectivity index (χ2n) is 6.99. The number of nitrogens with zero attached hydrogens (tertiary/aromatic N) is 1. The topological polar surface area (TPSA) is 9.23 Å². The first-order valence-corrected chi connectivity index (χ1v) is 7.88. The normalized spacial score (nSPS) is 23.0. The van der Waals surface area contributed by atoms with Gasteiger partial charge in [0.1, 0.15) is 6.54 Å². The van der Waals surface area contributed by atoms with Gasteiger partial charge in [0, 0.05) is 0 Å². The van der Waals surface area contributed by atoms with E-state index in [2.05, 4.69) is 34.7 Å². The highest BCUT2D eigenvalue weighted by Crippen LogP contribution is 2.19. The van der Waals surface area contributed by atoms with Crippen LogP contribution in [0.5, 0.6) is 0 Å². The molecule has 1 saturated heterocycles. The summed E-state index contributed by atoms with van der Waals surface area (Å²) in [5, 5.41) is 0. The van der Waals surface area contributed by atoms with Crippen LogP contribution in [0, 0.1) is 11.8 Å². The summed E-state index contributed by atoms with van der Waals surface area (Å²) in [7, 11) is 2.39. The van der Waals surface area contributed by atoms with Crippen molar-refractivity contribution in [3.8, 4) is 0 Å². The van der Waals surface area contributed by atoms with Crippen molar-refractivity contribution in [2.45, 2.75) is 59.5 Å². The third-order valence-corrected chi connectivity index (χ3v) is 4.77. The molecule has 0 spiro atoms. The SMILES string of the molecule is CC(CC(C)C(C)C)OCC[N+]1(C)CCCCC1. The van der Waals surface area contributed by atoms with Crippen molar-refractivity contribution >= 4 is 0 Å². The molecule has 1 aliphatic rings. The zero-order valence-electron chi connectivity index (χ0n) is 13.2. The maximum atomic E-state index is 6.02.